The number of aromatic nitrogens is 2. The van der Waals surface area contributed by atoms with Gasteiger partial charge in [0.2, 0.25) is 0 Å². The van der Waals surface area contributed by atoms with Gasteiger partial charge in [-0.3, -0.25) is 4.79 Å². The summed E-state index contributed by atoms with van der Waals surface area (Å²) in [6.45, 7) is 0.459. The molecule has 1 N–H and O–H groups in total. The molecule has 6 heteroatoms. The minimum Gasteiger partial charge on any atom is -0.489 e. The van der Waals surface area contributed by atoms with Gasteiger partial charge in [0.15, 0.2) is 11.6 Å². The van der Waals surface area contributed by atoms with Gasteiger partial charge in [0, 0.05) is 0 Å². The largest absolute Gasteiger partial charge is 0.489 e. The average Bonchev–Trinajstić information content (AvgIpc) is 2.46. The first-order valence-corrected chi connectivity index (χ1v) is 5.69. The second-order valence-corrected chi connectivity index (χ2v) is 3.67. The summed E-state index contributed by atoms with van der Waals surface area (Å²) in [5.74, 6) is -0.526. The van der Waals surface area contributed by atoms with Crippen LogP contribution in [0.15, 0.2) is 42.7 Å². The Hall–Kier alpha value is -2.50. The van der Waals surface area contributed by atoms with Crippen molar-refractivity contribution in [3.05, 3.63) is 54.1 Å². The Balaban J connectivity index is 1.76. The van der Waals surface area contributed by atoms with Crippen LogP contribution in [0.5, 0.6) is 5.75 Å². The molecule has 0 unspecified atom stereocenters. The van der Waals surface area contributed by atoms with Crippen LogP contribution >= 0.6 is 0 Å². The molecule has 2 aromatic rings. The van der Waals surface area contributed by atoms with Gasteiger partial charge in [-0.05, 0) is 18.2 Å². The lowest BCUT2D eigenvalue weighted by Crippen LogP contribution is -2.28. The predicted octanol–water partition coefficient (Wildman–Crippen LogP) is 1.42. The summed E-state index contributed by atoms with van der Waals surface area (Å²) in [5, 5.41) is 9.81. The smallest absolute Gasteiger partial charge is 0.253 e. The fraction of sp³-hybridized carbons (Fsp3) is 0.154. The second kappa shape index (κ2) is 6.44. The molecule has 1 amide bonds. The number of nitrogens with zero attached hydrogens (tertiary/aromatic N) is 2. The molecular formula is C13H12FN3O2. The van der Waals surface area contributed by atoms with Crippen LogP contribution in [0.2, 0.25) is 0 Å². The third-order valence-electron chi connectivity index (χ3n) is 2.33. The maximum Gasteiger partial charge on any atom is 0.253 e. The Morgan fingerprint density at radius 2 is 2.11 bits per heavy atom. The molecule has 0 spiro atoms. The highest BCUT2D eigenvalue weighted by atomic mass is 19.1. The van der Waals surface area contributed by atoms with Crippen LogP contribution in [0, 0.1) is 5.82 Å². The van der Waals surface area contributed by atoms with E-state index in [-0.39, 0.29) is 24.8 Å². The molecule has 0 saturated carbocycles. The van der Waals surface area contributed by atoms with Gasteiger partial charge in [-0.2, -0.15) is 10.2 Å². The summed E-state index contributed by atoms with van der Waals surface area (Å²) in [6.07, 6.45) is 2.80. The Bertz CT molecular complexity index is 549. The van der Waals surface area contributed by atoms with Gasteiger partial charge in [-0.15, -0.1) is 0 Å². The third-order valence-corrected chi connectivity index (χ3v) is 2.33. The lowest BCUT2D eigenvalue weighted by Gasteiger charge is -2.08. The van der Waals surface area contributed by atoms with E-state index in [1.807, 2.05) is 0 Å². The monoisotopic (exact) mass is 261 g/mol. The van der Waals surface area contributed by atoms with E-state index in [9.17, 15) is 9.18 Å². The quantitative estimate of drug-likeness (QED) is 0.827. The van der Waals surface area contributed by atoms with Gasteiger partial charge in [-0.25, -0.2) is 4.39 Å². The summed E-state index contributed by atoms with van der Waals surface area (Å²) >= 11 is 0. The zero-order valence-corrected chi connectivity index (χ0v) is 10.0. The molecule has 0 radical (unpaired) electrons. The molecule has 98 valence electrons. The van der Waals surface area contributed by atoms with Crippen LogP contribution in [-0.4, -0.2) is 29.3 Å². The van der Waals surface area contributed by atoms with Crippen LogP contribution in [0.25, 0.3) is 0 Å². The van der Waals surface area contributed by atoms with E-state index in [4.69, 9.17) is 4.74 Å². The summed E-state index contributed by atoms with van der Waals surface area (Å²) < 4.78 is 18.4. The normalized spacial score (nSPS) is 9.95. The SMILES string of the molecule is O=C(NCCOc1ccccc1F)c1ccnnc1. The Morgan fingerprint density at radius 1 is 1.26 bits per heavy atom. The highest BCUT2D eigenvalue weighted by Gasteiger charge is 2.05. The van der Waals surface area contributed by atoms with Crippen LogP contribution in [0.4, 0.5) is 4.39 Å². The number of para-hydroxylation sites is 1. The number of carbonyl (C=O) groups is 1. The summed E-state index contributed by atoms with van der Waals surface area (Å²) in [6, 6.07) is 7.67. The molecule has 1 heterocycles. The van der Waals surface area contributed by atoms with E-state index in [0.29, 0.717) is 5.56 Å². The zero-order chi connectivity index (χ0) is 13.5. The molecule has 0 atom stereocenters. The predicted molar refractivity (Wildman–Crippen MR) is 66.3 cm³/mol. The Labute approximate surface area is 109 Å². The van der Waals surface area contributed by atoms with Gasteiger partial charge >= 0.3 is 0 Å². The van der Waals surface area contributed by atoms with Crippen molar-refractivity contribution in [2.45, 2.75) is 0 Å². The van der Waals surface area contributed by atoms with Crippen molar-refractivity contribution in [3.8, 4) is 5.75 Å². The molecule has 2 rings (SSSR count). The molecule has 19 heavy (non-hydrogen) atoms. The first-order valence-electron chi connectivity index (χ1n) is 5.69. The number of hydrogen-bond donors (Lipinski definition) is 1. The standard InChI is InChI=1S/C13H12FN3O2/c14-11-3-1-2-4-12(11)19-8-7-15-13(18)10-5-6-16-17-9-10/h1-6,9H,7-8H2,(H,15,18). The number of rotatable bonds is 5. The lowest BCUT2D eigenvalue weighted by molar-refractivity contribution is 0.0946. The van der Waals surface area contributed by atoms with Crippen LogP contribution in [0.1, 0.15) is 10.4 Å². The molecule has 0 saturated heterocycles. The third kappa shape index (κ3) is 3.74. The fourth-order valence-electron chi connectivity index (χ4n) is 1.41. The molecule has 1 aromatic heterocycles. The van der Waals surface area contributed by atoms with E-state index < -0.39 is 5.82 Å². The maximum atomic E-state index is 13.2. The first-order chi connectivity index (χ1) is 9.27. The van der Waals surface area contributed by atoms with Crippen molar-refractivity contribution in [3.63, 3.8) is 0 Å². The highest BCUT2D eigenvalue weighted by molar-refractivity contribution is 5.93. The van der Waals surface area contributed by atoms with Gasteiger partial charge in [-0.1, -0.05) is 12.1 Å². The van der Waals surface area contributed by atoms with E-state index in [2.05, 4.69) is 15.5 Å². The van der Waals surface area contributed by atoms with Crippen LogP contribution in [-0.2, 0) is 0 Å². The van der Waals surface area contributed by atoms with Crippen molar-refractivity contribution in [2.24, 2.45) is 0 Å². The Kier molecular flexibility index (Phi) is 4.39. The van der Waals surface area contributed by atoms with Crippen molar-refractivity contribution >= 4 is 5.91 Å². The molecular weight excluding hydrogens is 249 g/mol. The molecule has 0 aliphatic rings. The topological polar surface area (TPSA) is 64.1 Å². The molecule has 0 fully saturated rings. The minimum atomic E-state index is -0.424. The number of ether oxygens (including phenoxy) is 1. The van der Waals surface area contributed by atoms with Crippen LogP contribution in [0.3, 0.4) is 0 Å². The van der Waals surface area contributed by atoms with E-state index in [1.165, 1.54) is 24.5 Å². The average molecular weight is 261 g/mol. The summed E-state index contributed by atoms with van der Waals surface area (Å²) in [7, 11) is 0. The van der Waals surface area contributed by atoms with Crippen molar-refractivity contribution < 1.29 is 13.9 Å². The highest BCUT2D eigenvalue weighted by Crippen LogP contribution is 2.14. The summed E-state index contributed by atoms with van der Waals surface area (Å²) in [4.78, 5) is 11.6. The van der Waals surface area contributed by atoms with Gasteiger partial charge in [0.1, 0.15) is 6.61 Å². The van der Waals surface area contributed by atoms with Crippen molar-refractivity contribution in [1.29, 1.82) is 0 Å². The number of nitrogens with one attached hydrogen (secondary N) is 1. The first kappa shape index (κ1) is 12.9. The Morgan fingerprint density at radius 3 is 2.84 bits per heavy atom. The number of carbonyl (C=O) groups excluding carboxylic acids is 1. The van der Waals surface area contributed by atoms with Crippen LogP contribution < -0.4 is 10.1 Å². The van der Waals surface area contributed by atoms with E-state index in [1.54, 1.807) is 18.2 Å². The van der Waals surface area contributed by atoms with Crippen molar-refractivity contribution in [1.82, 2.24) is 15.5 Å². The molecule has 0 aliphatic heterocycles. The summed E-state index contributed by atoms with van der Waals surface area (Å²) in [5.41, 5.74) is 0.417. The minimum absolute atomic E-state index is 0.169. The molecule has 5 nitrogen and oxygen atoms in total. The maximum absolute atomic E-state index is 13.2. The fourth-order valence-corrected chi connectivity index (χ4v) is 1.41. The number of benzene rings is 1. The van der Waals surface area contributed by atoms with E-state index >= 15 is 0 Å². The van der Waals surface area contributed by atoms with Gasteiger partial charge in [0.05, 0.1) is 24.5 Å². The molecule has 1 aromatic carbocycles. The number of hydrogen-bond acceptors (Lipinski definition) is 4. The van der Waals surface area contributed by atoms with E-state index in [0.717, 1.165) is 0 Å². The van der Waals surface area contributed by atoms with Crippen molar-refractivity contribution in [2.75, 3.05) is 13.2 Å². The number of amides is 1. The van der Waals surface area contributed by atoms with Gasteiger partial charge < -0.3 is 10.1 Å². The zero-order valence-electron chi connectivity index (χ0n) is 10.0. The molecule has 0 bridgehead atoms. The number of halogens is 1. The molecule has 0 aliphatic carbocycles. The lowest BCUT2D eigenvalue weighted by atomic mass is 10.3. The second-order valence-electron chi connectivity index (χ2n) is 3.67. The van der Waals surface area contributed by atoms with Gasteiger partial charge in [0.25, 0.3) is 5.91 Å².